The second kappa shape index (κ2) is 6.38. The van der Waals surface area contributed by atoms with Crippen LogP contribution in [-0.4, -0.2) is 13.4 Å². The van der Waals surface area contributed by atoms with Crippen LogP contribution in [0.5, 0.6) is 0 Å². The molecular formula is C14H19N3O3S. The fourth-order valence-electron chi connectivity index (χ4n) is 1.99. The van der Waals surface area contributed by atoms with Crippen LogP contribution in [0.3, 0.4) is 0 Å². The molecular weight excluding hydrogens is 290 g/mol. The molecule has 0 saturated heterocycles. The van der Waals surface area contributed by atoms with Gasteiger partial charge in [-0.1, -0.05) is 19.1 Å². The minimum atomic E-state index is -3.63. The number of sulfonamides is 1. The zero-order valence-electron chi connectivity index (χ0n) is 12.1. The van der Waals surface area contributed by atoms with Gasteiger partial charge in [-0.25, -0.2) is 18.1 Å². The van der Waals surface area contributed by atoms with Crippen molar-refractivity contribution < 1.29 is 12.8 Å². The van der Waals surface area contributed by atoms with Gasteiger partial charge in [-0.15, -0.1) is 0 Å². The highest BCUT2D eigenvalue weighted by atomic mass is 32.2. The highest BCUT2D eigenvalue weighted by Gasteiger charge is 2.19. The molecule has 3 N–H and O–H groups in total. The lowest BCUT2D eigenvalue weighted by Gasteiger charge is -2.11. The van der Waals surface area contributed by atoms with Crippen molar-refractivity contribution in [2.45, 2.75) is 38.3 Å². The van der Waals surface area contributed by atoms with Crippen LogP contribution in [0, 0.1) is 6.92 Å². The van der Waals surface area contributed by atoms with E-state index < -0.39 is 10.0 Å². The van der Waals surface area contributed by atoms with Gasteiger partial charge in [-0.05, 0) is 30.5 Å². The van der Waals surface area contributed by atoms with E-state index in [1.807, 2.05) is 13.0 Å². The molecule has 0 amide bonds. The van der Waals surface area contributed by atoms with Crippen molar-refractivity contribution in [1.82, 2.24) is 9.71 Å². The number of nitrogens with zero attached hydrogens (tertiary/aromatic N) is 1. The molecule has 7 heteroatoms. The summed E-state index contributed by atoms with van der Waals surface area (Å²) in [5, 5.41) is 0. The lowest BCUT2D eigenvalue weighted by atomic mass is 10.1. The lowest BCUT2D eigenvalue weighted by Crippen LogP contribution is -2.24. The van der Waals surface area contributed by atoms with E-state index >= 15 is 0 Å². The maximum Gasteiger partial charge on any atom is 0.241 e. The van der Waals surface area contributed by atoms with Crippen LogP contribution in [0.25, 0.3) is 0 Å². The van der Waals surface area contributed by atoms with Crippen LogP contribution >= 0.6 is 0 Å². The fraction of sp³-hybridized carbons (Fsp3) is 0.357. The van der Waals surface area contributed by atoms with Gasteiger partial charge in [0, 0.05) is 6.54 Å². The molecule has 0 saturated carbocycles. The van der Waals surface area contributed by atoms with Gasteiger partial charge in [-0.2, -0.15) is 0 Å². The van der Waals surface area contributed by atoms with E-state index in [0.29, 0.717) is 24.6 Å². The zero-order chi connectivity index (χ0) is 15.5. The van der Waals surface area contributed by atoms with Crippen molar-refractivity contribution >= 4 is 10.0 Å². The van der Waals surface area contributed by atoms with Crippen molar-refractivity contribution in [3.05, 3.63) is 47.2 Å². The molecule has 0 atom stereocenters. The van der Waals surface area contributed by atoms with E-state index in [1.165, 1.54) is 0 Å². The predicted molar refractivity (Wildman–Crippen MR) is 79.0 cm³/mol. The first-order valence-corrected chi connectivity index (χ1v) is 8.17. The van der Waals surface area contributed by atoms with E-state index in [2.05, 4.69) is 9.71 Å². The maximum atomic E-state index is 12.4. The number of hydrogen-bond donors (Lipinski definition) is 2. The van der Waals surface area contributed by atoms with Crippen LogP contribution in [0.1, 0.15) is 29.7 Å². The predicted octanol–water partition coefficient (Wildman–Crippen LogP) is 1.48. The Morgan fingerprint density at radius 2 is 2.14 bits per heavy atom. The minimum absolute atomic E-state index is 0.0200. The van der Waals surface area contributed by atoms with Gasteiger partial charge < -0.3 is 10.2 Å². The molecule has 0 radical (unpaired) electrons. The highest BCUT2D eigenvalue weighted by molar-refractivity contribution is 7.89. The van der Waals surface area contributed by atoms with E-state index in [1.54, 1.807) is 25.3 Å². The van der Waals surface area contributed by atoms with Gasteiger partial charge in [0.2, 0.25) is 15.9 Å². The molecule has 0 unspecified atom stereocenters. The Bertz CT molecular complexity index is 723. The summed E-state index contributed by atoms with van der Waals surface area (Å²) < 4.78 is 32.6. The van der Waals surface area contributed by atoms with Crippen molar-refractivity contribution in [3.63, 3.8) is 0 Å². The highest BCUT2D eigenvalue weighted by Crippen LogP contribution is 2.19. The number of aryl methyl sites for hydroxylation is 2. The van der Waals surface area contributed by atoms with Crippen molar-refractivity contribution in [2.24, 2.45) is 5.73 Å². The Labute approximate surface area is 124 Å². The molecule has 1 aromatic carbocycles. The lowest BCUT2D eigenvalue weighted by molar-refractivity contribution is 0.463. The molecule has 0 aliphatic heterocycles. The second-order valence-electron chi connectivity index (χ2n) is 4.69. The Morgan fingerprint density at radius 3 is 2.71 bits per heavy atom. The molecule has 2 rings (SSSR count). The third kappa shape index (κ3) is 3.69. The molecule has 2 aromatic rings. The van der Waals surface area contributed by atoms with Gasteiger partial charge in [0.1, 0.15) is 5.76 Å². The molecule has 21 heavy (non-hydrogen) atoms. The van der Waals surface area contributed by atoms with Crippen molar-refractivity contribution in [3.8, 4) is 0 Å². The summed E-state index contributed by atoms with van der Waals surface area (Å²) in [6.07, 6.45) is 2.18. The molecule has 1 heterocycles. The van der Waals surface area contributed by atoms with Gasteiger partial charge in [-0.3, -0.25) is 0 Å². The molecule has 0 spiro atoms. The summed E-state index contributed by atoms with van der Waals surface area (Å²) in [6, 6.07) is 5.25. The molecule has 0 fully saturated rings. The van der Waals surface area contributed by atoms with Crippen LogP contribution in [0.2, 0.25) is 0 Å². The Hall–Kier alpha value is -1.70. The smallest absolute Gasteiger partial charge is 0.241 e. The number of rotatable bonds is 6. The number of hydrogen-bond acceptors (Lipinski definition) is 5. The van der Waals surface area contributed by atoms with Crippen molar-refractivity contribution in [1.29, 1.82) is 0 Å². The van der Waals surface area contributed by atoms with Crippen LogP contribution in [0.4, 0.5) is 0 Å². The van der Waals surface area contributed by atoms with E-state index in [0.717, 1.165) is 11.1 Å². The summed E-state index contributed by atoms with van der Waals surface area (Å²) >= 11 is 0. The average Bonchev–Trinajstić information content (AvgIpc) is 2.90. The Kier molecular flexibility index (Phi) is 4.76. The normalized spacial score (nSPS) is 11.8. The maximum absolute atomic E-state index is 12.4. The van der Waals surface area contributed by atoms with Gasteiger partial charge in [0.05, 0.1) is 17.6 Å². The average molecular weight is 309 g/mol. The van der Waals surface area contributed by atoms with Crippen molar-refractivity contribution in [2.75, 3.05) is 0 Å². The number of aromatic nitrogens is 1. The SMILES string of the molecule is CCc1ccc(CN)cc1S(=O)(=O)NCc1ncc(C)o1. The molecule has 1 aromatic heterocycles. The van der Waals surface area contributed by atoms with Crippen LogP contribution in [-0.2, 0) is 29.5 Å². The quantitative estimate of drug-likeness (QED) is 0.842. The van der Waals surface area contributed by atoms with Crippen LogP contribution in [0.15, 0.2) is 33.7 Å². The monoisotopic (exact) mass is 309 g/mol. The number of benzene rings is 1. The summed E-state index contributed by atoms with van der Waals surface area (Å²) in [4.78, 5) is 4.24. The topological polar surface area (TPSA) is 98.2 Å². The summed E-state index contributed by atoms with van der Waals surface area (Å²) in [6.45, 7) is 3.98. The number of nitrogens with two attached hydrogens (primary N) is 1. The first-order chi connectivity index (χ1) is 9.96. The third-order valence-electron chi connectivity index (χ3n) is 3.12. The van der Waals surface area contributed by atoms with E-state index in [9.17, 15) is 8.42 Å². The molecule has 6 nitrogen and oxygen atoms in total. The van der Waals surface area contributed by atoms with E-state index in [4.69, 9.17) is 10.2 Å². The van der Waals surface area contributed by atoms with Gasteiger partial charge in [0.25, 0.3) is 0 Å². The Morgan fingerprint density at radius 1 is 1.38 bits per heavy atom. The number of nitrogens with one attached hydrogen (secondary N) is 1. The minimum Gasteiger partial charge on any atom is -0.445 e. The fourth-order valence-corrected chi connectivity index (χ4v) is 3.32. The Balaban J connectivity index is 2.26. The summed E-state index contributed by atoms with van der Waals surface area (Å²) in [5.41, 5.74) is 7.11. The van der Waals surface area contributed by atoms with Gasteiger partial charge in [0.15, 0.2) is 0 Å². The number of oxazole rings is 1. The van der Waals surface area contributed by atoms with Crippen LogP contribution < -0.4 is 10.5 Å². The third-order valence-corrected chi connectivity index (χ3v) is 4.60. The first-order valence-electron chi connectivity index (χ1n) is 6.69. The van der Waals surface area contributed by atoms with E-state index in [-0.39, 0.29) is 11.4 Å². The molecule has 114 valence electrons. The first kappa shape index (κ1) is 15.7. The van der Waals surface area contributed by atoms with Gasteiger partial charge >= 0.3 is 0 Å². The molecule has 0 aliphatic rings. The molecule has 0 aliphatic carbocycles. The second-order valence-corrected chi connectivity index (χ2v) is 6.42. The standard InChI is InChI=1S/C14H19N3O3S/c1-3-12-5-4-11(7-15)6-13(12)21(18,19)17-9-14-16-8-10(2)20-14/h4-6,8,17H,3,7,9,15H2,1-2H3. The zero-order valence-corrected chi connectivity index (χ0v) is 12.9. The summed E-state index contributed by atoms with van der Waals surface area (Å²) in [7, 11) is -3.63. The summed E-state index contributed by atoms with van der Waals surface area (Å²) in [5.74, 6) is 0.979. The largest absolute Gasteiger partial charge is 0.445 e. The molecule has 0 bridgehead atoms.